The molecular formula is C20H19ClN4O3. The van der Waals surface area contributed by atoms with Crippen molar-refractivity contribution < 1.29 is 9.53 Å². The predicted molar refractivity (Wildman–Crippen MR) is 108 cm³/mol. The lowest BCUT2D eigenvalue weighted by atomic mass is 10.1. The molecule has 28 heavy (non-hydrogen) atoms. The summed E-state index contributed by atoms with van der Waals surface area (Å²) in [4.78, 5) is 35.9. The van der Waals surface area contributed by atoms with E-state index < -0.39 is 0 Å². The topological polar surface area (TPSA) is 97.0 Å². The number of aryl methyl sites for hydroxylation is 1. The predicted octanol–water partition coefficient (Wildman–Crippen LogP) is 3.37. The van der Waals surface area contributed by atoms with Gasteiger partial charge in [-0.05, 0) is 37.6 Å². The van der Waals surface area contributed by atoms with E-state index in [1.165, 1.54) is 7.11 Å². The third kappa shape index (κ3) is 4.55. The van der Waals surface area contributed by atoms with Gasteiger partial charge < -0.3 is 15.0 Å². The Balaban J connectivity index is 1.69. The first-order chi connectivity index (χ1) is 13.5. The second-order valence-corrected chi connectivity index (χ2v) is 6.52. The molecule has 0 saturated carbocycles. The summed E-state index contributed by atoms with van der Waals surface area (Å²) in [5.41, 5.74) is 2.18. The van der Waals surface area contributed by atoms with E-state index >= 15 is 0 Å². The number of pyridine rings is 1. The van der Waals surface area contributed by atoms with Crippen molar-refractivity contribution in [3.63, 3.8) is 0 Å². The quantitative estimate of drug-likeness (QED) is 0.663. The summed E-state index contributed by atoms with van der Waals surface area (Å²) in [6, 6.07) is 8.51. The number of amides is 1. The number of anilines is 1. The van der Waals surface area contributed by atoms with E-state index in [0.717, 1.165) is 5.56 Å². The zero-order valence-corrected chi connectivity index (χ0v) is 16.2. The summed E-state index contributed by atoms with van der Waals surface area (Å²) < 4.78 is 5.13. The van der Waals surface area contributed by atoms with Crippen molar-refractivity contribution in [2.24, 2.45) is 0 Å². The number of benzene rings is 1. The van der Waals surface area contributed by atoms with Crippen LogP contribution in [0.4, 0.5) is 5.69 Å². The number of hydrogen-bond acceptors (Lipinski definition) is 5. The highest BCUT2D eigenvalue weighted by molar-refractivity contribution is 6.32. The van der Waals surface area contributed by atoms with Gasteiger partial charge in [-0.3, -0.25) is 14.6 Å². The minimum atomic E-state index is -0.250. The average Bonchev–Trinajstić information content (AvgIpc) is 2.69. The smallest absolute Gasteiger partial charge is 0.254 e. The molecule has 2 N–H and O–H groups in total. The van der Waals surface area contributed by atoms with Crippen LogP contribution in [0.5, 0.6) is 5.75 Å². The van der Waals surface area contributed by atoms with Crippen LogP contribution in [-0.4, -0.2) is 28.0 Å². The van der Waals surface area contributed by atoms with Gasteiger partial charge in [-0.1, -0.05) is 11.6 Å². The number of aromatic nitrogens is 3. The Morgan fingerprint density at radius 3 is 2.68 bits per heavy atom. The SMILES string of the molecule is COc1cc(NC(=O)CCc2c(C)nc(-c3ccncc3)[nH]c2=O)ccc1Cl. The van der Waals surface area contributed by atoms with Gasteiger partial charge in [0, 0.05) is 47.4 Å². The normalized spacial score (nSPS) is 10.5. The molecule has 0 spiro atoms. The fourth-order valence-corrected chi connectivity index (χ4v) is 2.95. The summed E-state index contributed by atoms with van der Waals surface area (Å²) in [5, 5.41) is 3.23. The zero-order chi connectivity index (χ0) is 20.1. The molecule has 0 unspecified atom stereocenters. The highest BCUT2D eigenvalue weighted by atomic mass is 35.5. The molecule has 8 heteroatoms. The number of nitrogens with one attached hydrogen (secondary N) is 2. The average molecular weight is 399 g/mol. The van der Waals surface area contributed by atoms with Crippen LogP contribution >= 0.6 is 11.6 Å². The Hall–Kier alpha value is -3.19. The van der Waals surface area contributed by atoms with Crippen LogP contribution in [0.1, 0.15) is 17.7 Å². The summed E-state index contributed by atoms with van der Waals surface area (Å²) in [6.07, 6.45) is 3.69. The number of ether oxygens (including phenoxy) is 1. The first kappa shape index (κ1) is 19.6. The van der Waals surface area contributed by atoms with Gasteiger partial charge in [0.15, 0.2) is 0 Å². The molecule has 0 aliphatic rings. The van der Waals surface area contributed by atoms with Gasteiger partial charge >= 0.3 is 0 Å². The van der Waals surface area contributed by atoms with Crippen molar-refractivity contribution in [3.8, 4) is 17.1 Å². The number of halogens is 1. The number of aromatic amines is 1. The second kappa shape index (κ2) is 8.67. The zero-order valence-electron chi connectivity index (χ0n) is 15.5. The van der Waals surface area contributed by atoms with Gasteiger partial charge in [-0.2, -0.15) is 0 Å². The molecule has 0 atom stereocenters. The fourth-order valence-electron chi connectivity index (χ4n) is 2.75. The van der Waals surface area contributed by atoms with E-state index in [-0.39, 0.29) is 24.3 Å². The van der Waals surface area contributed by atoms with Gasteiger partial charge in [-0.15, -0.1) is 0 Å². The summed E-state index contributed by atoms with van der Waals surface area (Å²) in [6.45, 7) is 1.76. The van der Waals surface area contributed by atoms with Crippen LogP contribution in [0.15, 0.2) is 47.5 Å². The molecule has 1 aromatic carbocycles. The Morgan fingerprint density at radius 2 is 2.00 bits per heavy atom. The first-order valence-electron chi connectivity index (χ1n) is 8.61. The van der Waals surface area contributed by atoms with Crippen molar-refractivity contribution in [2.75, 3.05) is 12.4 Å². The molecule has 0 aliphatic carbocycles. The standard InChI is InChI=1S/C20H19ClN4O3/c1-12-15(20(27)25-19(23-12)13-7-9-22-10-8-13)4-6-18(26)24-14-3-5-16(21)17(11-14)28-2/h3,5,7-11H,4,6H2,1-2H3,(H,24,26)(H,23,25,27). The number of carbonyl (C=O) groups is 1. The van der Waals surface area contributed by atoms with E-state index in [2.05, 4.69) is 20.3 Å². The maximum Gasteiger partial charge on any atom is 0.254 e. The van der Waals surface area contributed by atoms with E-state index in [1.54, 1.807) is 49.6 Å². The number of rotatable bonds is 6. The van der Waals surface area contributed by atoms with Crippen LogP contribution < -0.4 is 15.6 Å². The number of methoxy groups -OCH3 is 1. The van der Waals surface area contributed by atoms with Crippen molar-refractivity contribution in [3.05, 3.63) is 69.4 Å². The van der Waals surface area contributed by atoms with Crippen molar-refractivity contribution >= 4 is 23.2 Å². The molecule has 1 amide bonds. The molecule has 0 radical (unpaired) electrons. The molecule has 0 aliphatic heterocycles. The van der Waals surface area contributed by atoms with Gasteiger partial charge in [0.05, 0.1) is 12.1 Å². The lowest BCUT2D eigenvalue weighted by molar-refractivity contribution is -0.116. The summed E-state index contributed by atoms with van der Waals surface area (Å²) in [5.74, 6) is 0.732. The van der Waals surface area contributed by atoms with Gasteiger partial charge in [0.2, 0.25) is 5.91 Å². The van der Waals surface area contributed by atoms with Crippen molar-refractivity contribution in [2.45, 2.75) is 19.8 Å². The van der Waals surface area contributed by atoms with E-state index in [1.807, 2.05) is 0 Å². The number of carbonyl (C=O) groups excluding carboxylic acids is 1. The van der Waals surface area contributed by atoms with Crippen LogP contribution in [0.25, 0.3) is 11.4 Å². The second-order valence-electron chi connectivity index (χ2n) is 6.11. The third-order valence-electron chi connectivity index (χ3n) is 4.21. The summed E-state index contributed by atoms with van der Waals surface area (Å²) >= 11 is 5.98. The fraction of sp³-hybridized carbons (Fsp3) is 0.200. The van der Waals surface area contributed by atoms with Crippen LogP contribution in [0, 0.1) is 6.92 Å². The molecule has 0 bridgehead atoms. The van der Waals surface area contributed by atoms with Crippen LogP contribution in [0.2, 0.25) is 5.02 Å². The van der Waals surface area contributed by atoms with Crippen molar-refractivity contribution in [1.29, 1.82) is 0 Å². The number of H-pyrrole nitrogens is 1. The third-order valence-corrected chi connectivity index (χ3v) is 4.53. The van der Waals surface area contributed by atoms with Crippen molar-refractivity contribution in [1.82, 2.24) is 15.0 Å². The number of nitrogens with zero attached hydrogens (tertiary/aromatic N) is 2. The van der Waals surface area contributed by atoms with Crippen LogP contribution in [-0.2, 0) is 11.2 Å². The largest absolute Gasteiger partial charge is 0.495 e. The molecule has 0 saturated heterocycles. The number of hydrogen-bond donors (Lipinski definition) is 2. The highest BCUT2D eigenvalue weighted by Gasteiger charge is 2.12. The summed E-state index contributed by atoms with van der Waals surface area (Å²) in [7, 11) is 1.50. The minimum absolute atomic E-state index is 0.144. The lowest BCUT2D eigenvalue weighted by Crippen LogP contribution is -2.20. The lowest BCUT2D eigenvalue weighted by Gasteiger charge is -2.09. The molecular weight excluding hydrogens is 380 g/mol. The molecule has 0 fully saturated rings. The van der Waals surface area contributed by atoms with Gasteiger partial charge in [0.25, 0.3) is 5.56 Å². The highest BCUT2D eigenvalue weighted by Crippen LogP contribution is 2.27. The molecule has 144 valence electrons. The monoisotopic (exact) mass is 398 g/mol. The molecule has 7 nitrogen and oxygen atoms in total. The minimum Gasteiger partial charge on any atom is -0.495 e. The Labute approximate surface area is 166 Å². The van der Waals surface area contributed by atoms with E-state index in [0.29, 0.717) is 33.5 Å². The Bertz CT molecular complexity index is 1050. The molecule has 3 rings (SSSR count). The van der Waals surface area contributed by atoms with E-state index in [9.17, 15) is 9.59 Å². The Morgan fingerprint density at radius 1 is 1.25 bits per heavy atom. The first-order valence-corrected chi connectivity index (χ1v) is 8.99. The molecule has 2 heterocycles. The maximum atomic E-state index is 12.5. The Kier molecular flexibility index (Phi) is 6.06. The van der Waals surface area contributed by atoms with E-state index in [4.69, 9.17) is 16.3 Å². The van der Waals surface area contributed by atoms with Gasteiger partial charge in [-0.25, -0.2) is 4.98 Å². The molecule has 3 aromatic rings. The van der Waals surface area contributed by atoms with Crippen LogP contribution in [0.3, 0.4) is 0 Å². The maximum absolute atomic E-state index is 12.5. The molecule has 2 aromatic heterocycles. The van der Waals surface area contributed by atoms with Gasteiger partial charge in [0.1, 0.15) is 11.6 Å².